The summed E-state index contributed by atoms with van der Waals surface area (Å²) in [5, 5.41) is 16.1. The number of hydrogen-bond acceptors (Lipinski definition) is 4. The van der Waals surface area contributed by atoms with Crippen molar-refractivity contribution in [3.63, 3.8) is 0 Å². The molecule has 0 aliphatic carbocycles. The summed E-state index contributed by atoms with van der Waals surface area (Å²) < 4.78 is 14.1. The molecule has 1 aromatic heterocycles. The molecule has 0 bridgehead atoms. The lowest BCUT2D eigenvalue weighted by molar-refractivity contribution is 0.542. The van der Waals surface area contributed by atoms with Crippen molar-refractivity contribution in [1.82, 2.24) is 25.6 Å². The van der Waals surface area contributed by atoms with E-state index in [-0.39, 0.29) is 12.4 Å². The minimum Gasteiger partial charge on any atom is -0.320 e. The van der Waals surface area contributed by atoms with E-state index >= 15 is 0 Å². The molecule has 142 valence electrons. The van der Waals surface area contributed by atoms with Gasteiger partial charge in [0, 0.05) is 22.7 Å². The first-order valence-electron chi connectivity index (χ1n) is 8.96. The van der Waals surface area contributed by atoms with Crippen LogP contribution in [0.3, 0.4) is 0 Å². The van der Waals surface area contributed by atoms with Crippen molar-refractivity contribution in [3.8, 4) is 11.3 Å². The van der Waals surface area contributed by atoms with E-state index in [1.165, 1.54) is 10.9 Å². The van der Waals surface area contributed by atoms with E-state index in [4.69, 9.17) is 11.6 Å². The van der Waals surface area contributed by atoms with Gasteiger partial charge in [0.05, 0.1) is 6.54 Å². The highest BCUT2D eigenvalue weighted by molar-refractivity contribution is 6.31. The molecule has 0 amide bonds. The molecule has 1 heterocycles. The highest BCUT2D eigenvalue weighted by Crippen LogP contribution is 2.23. The zero-order valence-corrected chi connectivity index (χ0v) is 16.0. The molecule has 0 unspecified atom stereocenters. The summed E-state index contributed by atoms with van der Waals surface area (Å²) in [6.45, 7) is 2.61. The second kappa shape index (κ2) is 9.60. The molecule has 3 aromatic rings. The lowest BCUT2D eigenvalue weighted by Gasteiger charge is -2.05. The molecule has 3 rings (SSSR count). The van der Waals surface area contributed by atoms with Gasteiger partial charge in [0.25, 0.3) is 0 Å². The van der Waals surface area contributed by atoms with Crippen LogP contribution in [0.2, 0.25) is 5.02 Å². The van der Waals surface area contributed by atoms with Crippen LogP contribution in [-0.2, 0) is 13.1 Å². The first-order valence-corrected chi connectivity index (χ1v) is 9.34. The maximum absolute atomic E-state index is 14.1. The molecule has 0 fully saturated rings. The first kappa shape index (κ1) is 19.5. The van der Waals surface area contributed by atoms with Crippen LogP contribution >= 0.6 is 11.6 Å². The molecule has 0 saturated carbocycles. The molecular weight excluding hydrogens is 365 g/mol. The van der Waals surface area contributed by atoms with E-state index in [1.807, 2.05) is 37.4 Å². The van der Waals surface area contributed by atoms with E-state index in [1.54, 1.807) is 12.1 Å². The Kier molecular flexibility index (Phi) is 6.92. The lowest BCUT2D eigenvalue weighted by atomic mass is 10.1. The van der Waals surface area contributed by atoms with E-state index < -0.39 is 0 Å². The van der Waals surface area contributed by atoms with Crippen molar-refractivity contribution < 1.29 is 4.39 Å². The van der Waals surface area contributed by atoms with Gasteiger partial charge in [0.1, 0.15) is 17.2 Å². The third kappa shape index (κ3) is 5.13. The quantitative estimate of drug-likeness (QED) is 0.552. The Morgan fingerprint density at radius 3 is 2.59 bits per heavy atom. The van der Waals surface area contributed by atoms with Crippen molar-refractivity contribution in [2.45, 2.75) is 19.5 Å². The normalized spacial score (nSPS) is 11.1. The standard InChI is InChI=1S/C20H23ClFN5/c1-23-11-6-12-24-13-19-20(15-7-3-2-4-8-15)26-27(25-19)14-16-17(21)9-5-10-18(16)22/h2-5,7-10,23-24H,6,11-14H2,1H3. The monoisotopic (exact) mass is 387 g/mol. The smallest absolute Gasteiger partial charge is 0.129 e. The molecule has 2 N–H and O–H groups in total. The van der Waals surface area contributed by atoms with Gasteiger partial charge in [-0.2, -0.15) is 15.0 Å². The lowest BCUT2D eigenvalue weighted by Crippen LogP contribution is -2.20. The van der Waals surface area contributed by atoms with Crippen molar-refractivity contribution in [2.75, 3.05) is 20.1 Å². The maximum Gasteiger partial charge on any atom is 0.129 e. The number of rotatable bonds is 9. The molecule has 0 radical (unpaired) electrons. The van der Waals surface area contributed by atoms with Crippen LogP contribution in [0.4, 0.5) is 4.39 Å². The topological polar surface area (TPSA) is 54.8 Å². The fourth-order valence-corrected chi connectivity index (χ4v) is 3.04. The number of benzene rings is 2. The van der Waals surface area contributed by atoms with Crippen molar-refractivity contribution in [1.29, 1.82) is 0 Å². The van der Waals surface area contributed by atoms with Gasteiger partial charge < -0.3 is 10.6 Å². The zero-order chi connectivity index (χ0) is 19.1. The highest BCUT2D eigenvalue weighted by atomic mass is 35.5. The van der Waals surface area contributed by atoms with E-state index in [9.17, 15) is 4.39 Å². The predicted octanol–water partition coefficient (Wildman–Crippen LogP) is 3.49. The van der Waals surface area contributed by atoms with Gasteiger partial charge in [-0.3, -0.25) is 0 Å². The number of aromatic nitrogens is 3. The van der Waals surface area contributed by atoms with Crippen molar-refractivity contribution >= 4 is 11.6 Å². The Bertz CT molecular complexity index is 846. The van der Waals surface area contributed by atoms with Gasteiger partial charge in [-0.05, 0) is 38.7 Å². The number of nitrogens with zero attached hydrogens (tertiary/aromatic N) is 3. The third-order valence-corrected chi connectivity index (χ3v) is 4.56. The van der Waals surface area contributed by atoms with Crippen LogP contribution in [-0.4, -0.2) is 35.1 Å². The van der Waals surface area contributed by atoms with Crippen LogP contribution in [0.1, 0.15) is 17.7 Å². The van der Waals surface area contributed by atoms with Gasteiger partial charge in [-0.25, -0.2) is 4.39 Å². The molecule has 0 aliphatic heterocycles. The van der Waals surface area contributed by atoms with Crippen LogP contribution in [0.25, 0.3) is 11.3 Å². The summed E-state index contributed by atoms with van der Waals surface area (Å²) in [5.41, 5.74) is 3.00. The van der Waals surface area contributed by atoms with Crippen LogP contribution in [0.5, 0.6) is 0 Å². The van der Waals surface area contributed by atoms with E-state index in [0.29, 0.717) is 17.1 Å². The maximum atomic E-state index is 14.1. The Hall–Kier alpha value is -2.28. The summed E-state index contributed by atoms with van der Waals surface area (Å²) in [7, 11) is 1.94. The largest absolute Gasteiger partial charge is 0.320 e. The molecule has 0 saturated heterocycles. The summed E-state index contributed by atoms with van der Waals surface area (Å²) >= 11 is 6.15. The number of hydrogen-bond donors (Lipinski definition) is 2. The summed E-state index contributed by atoms with van der Waals surface area (Å²) in [4.78, 5) is 1.51. The summed E-state index contributed by atoms with van der Waals surface area (Å²) in [5.74, 6) is -0.354. The summed E-state index contributed by atoms with van der Waals surface area (Å²) in [6, 6.07) is 14.5. The molecule has 2 aromatic carbocycles. The van der Waals surface area contributed by atoms with Crippen LogP contribution in [0, 0.1) is 5.82 Å². The fourth-order valence-electron chi connectivity index (χ4n) is 2.81. The SMILES string of the molecule is CNCCCNCc1nn(Cc2c(F)cccc2Cl)nc1-c1ccccc1. The second-order valence-corrected chi connectivity index (χ2v) is 6.63. The first-order chi connectivity index (χ1) is 13.2. The molecular formula is C20H23ClFN5. The van der Waals surface area contributed by atoms with Gasteiger partial charge in [-0.15, -0.1) is 0 Å². The Balaban J connectivity index is 1.83. The Labute approximate surface area is 163 Å². The molecule has 7 heteroatoms. The Morgan fingerprint density at radius 1 is 1.04 bits per heavy atom. The molecule has 27 heavy (non-hydrogen) atoms. The fraction of sp³-hybridized carbons (Fsp3) is 0.300. The molecule has 0 aliphatic rings. The van der Waals surface area contributed by atoms with E-state index in [0.717, 1.165) is 36.5 Å². The van der Waals surface area contributed by atoms with Crippen molar-refractivity contribution in [3.05, 3.63) is 70.6 Å². The Morgan fingerprint density at radius 2 is 1.85 bits per heavy atom. The van der Waals surface area contributed by atoms with Gasteiger partial charge in [0.15, 0.2) is 0 Å². The van der Waals surface area contributed by atoms with Gasteiger partial charge in [-0.1, -0.05) is 48.0 Å². The van der Waals surface area contributed by atoms with Crippen LogP contribution < -0.4 is 10.6 Å². The second-order valence-electron chi connectivity index (χ2n) is 6.23. The zero-order valence-electron chi connectivity index (χ0n) is 15.3. The van der Waals surface area contributed by atoms with Gasteiger partial charge >= 0.3 is 0 Å². The molecule has 0 atom stereocenters. The van der Waals surface area contributed by atoms with Gasteiger partial charge in [0.2, 0.25) is 0 Å². The average Bonchev–Trinajstić information content (AvgIpc) is 3.08. The minimum absolute atomic E-state index is 0.186. The summed E-state index contributed by atoms with van der Waals surface area (Å²) in [6.07, 6.45) is 1.02. The third-order valence-electron chi connectivity index (χ3n) is 4.21. The highest BCUT2D eigenvalue weighted by Gasteiger charge is 2.15. The van der Waals surface area contributed by atoms with Crippen LogP contribution in [0.15, 0.2) is 48.5 Å². The average molecular weight is 388 g/mol. The number of halogens is 2. The molecule has 0 spiro atoms. The predicted molar refractivity (Wildman–Crippen MR) is 106 cm³/mol. The number of nitrogens with one attached hydrogen (secondary N) is 2. The van der Waals surface area contributed by atoms with E-state index in [2.05, 4.69) is 20.8 Å². The van der Waals surface area contributed by atoms with Crippen molar-refractivity contribution in [2.24, 2.45) is 0 Å². The minimum atomic E-state index is -0.354. The molecule has 5 nitrogen and oxygen atoms in total.